The van der Waals surface area contributed by atoms with E-state index in [-0.39, 0.29) is 47.2 Å². The molecular formula is C47H60N10O7S. The number of hydrogen-bond acceptors (Lipinski definition) is 12. The molecule has 65 heavy (non-hydrogen) atoms. The average Bonchev–Trinajstić information content (AvgIpc) is 3.92. The van der Waals surface area contributed by atoms with Crippen LogP contribution >= 0.6 is 0 Å². The van der Waals surface area contributed by atoms with Crippen LogP contribution in [-0.4, -0.2) is 101 Å². The number of hydrogen-bond donors (Lipinski definition) is 3. The van der Waals surface area contributed by atoms with Gasteiger partial charge in [0.15, 0.2) is 0 Å². The van der Waals surface area contributed by atoms with Crippen molar-refractivity contribution in [2.45, 2.75) is 113 Å². The predicted molar refractivity (Wildman–Crippen MR) is 249 cm³/mol. The Morgan fingerprint density at radius 1 is 0.877 bits per heavy atom. The standard InChI is InChI=1S/C47H60N10O7S/c1-30-26-37(14-15-38(30)50-46-48-28-32-8-19-43(59)56(44(32)52-46)34-6-4-5-7-34)65(62,63)49-22-25-64-36-12-9-33(10-13-36)53(2)29-31-20-23-55(24-21-31)35-11-16-39-41(27-35)54(3)47(61)57(39)40-17-18-42(58)51-45(40)60/h8,11,14-16,19,26-28,31,33-34,36,40,49H,4-7,9-10,12-13,17-18,20-25,29H2,1-3H3,(H,48,50,52)(H,51,58,60). The number of aryl methyl sites for hydroxylation is 2. The van der Waals surface area contributed by atoms with Crippen molar-refractivity contribution in [3.8, 4) is 0 Å². The molecule has 5 aromatic rings. The maximum Gasteiger partial charge on any atom is 0.329 e. The molecule has 0 bridgehead atoms. The van der Waals surface area contributed by atoms with E-state index in [1.165, 1.54) is 4.57 Å². The molecule has 2 amide bonds. The van der Waals surface area contributed by atoms with Crippen LogP contribution < -0.4 is 31.5 Å². The minimum absolute atomic E-state index is 0.0664. The lowest BCUT2D eigenvalue weighted by molar-refractivity contribution is -0.135. The number of carbonyl (C=O) groups excluding carboxylic acids is 2. The summed E-state index contributed by atoms with van der Waals surface area (Å²) in [5.74, 6) is 0.188. The van der Waals surface area contributed by atoms with E-state index in [4.69, 9.17) is 9.72 Å². The van der Waals surface area contributed by atoms with E-state index >= 15 is 0 Å². The highest BCUT2D eigenvalue weighted by atomic mass is 32.2. The van der Waals surface area contributed by atoms with Crippen molar-refractivity contribution in [2.75, 3.05) is 50.1 Å². The van der Waals surface area contributed by atoms with Gasteiger partial charge in [0.25, 0.3) is 5.56 Å². The van der Waals surface area contributed by atoms with Crippen LogP contribution in [0.25, 0.3) is 22.1 Å². The molecule has 0 spiro atoms. The number of sulfonamides is 1. The third kappa shape index (κ3) is 9.49. The minimum Gasteiger partial charge on any atom is -0.377 e. The van der Waals surface area contributed by atoms with E-state index in [0.717, 1.165) is 100 Å². The number of rotatable bonds is 14. The monoisotopic (exact) mass is 908 g/mol. The Morgan fingerprint density at radius 2 is 1.65 bits per heavy atom. The Morgan fingerprint density at radius 3 is 2.38 bits per heavy atom. The molecule has 1 atom stereocenters. The summed E-state index contributed by atoms with van der Waals surface area (Å²) in [4.78, 5) is 64.7. The molecule has 2 aromatic carbocycles. The van der Waals surface area contributed by atoms with E-state index in [2.05, 4.69) is 37.2 Å². The van der Waals surface area contributed by atoms with Crippen LogP contribution in [0.15, 0.2) is 69.2 Å². The van der Waals surface area contributed by atoms with Crippen molar-refractivity contribution in [3.05, 3.63) is 81.1 Å². The lowest BCUT2D eigenvalue weighted by Crippen LogP contribution is -2.44. The second-order valence-electron chi connectivity index (χ2n) is 18.5. The van der Waals surface area contributed by atoms with Crippen LogP contribution in [0.1, 0.15) is 94.7 Å². The van der Waals surface area contributed by atoms with Gasteiger partial charge in [-0.15, -0.1) is 0 Å². The van der Waals surface area contributed by atoms with Crippen LogP contribution in [0.4, 0.5) is 17.3 Å². The summed E-state index contributed by atoms with van der Waals surface area (Å²) in [5.41, 5.74) is 4.19. The largest absolute Gasteiger partial charge is 0.377 e. The first-order chi connectivity index (χ1) is 31.3. The van der Waals surface area contributed by atoms with Gasteiger partial charge in [0.05, 0.1) is 28.6 Å². The van der Waals surface area contributed by atoms with Crippen LogP contribution in [0, 0.1) is 12.8 Å². The molecule has 2 aliphatic carbocycles. The molecule has 2 saturated heterocycles. The molecule has 3 aromatic heterocycles. The molecular weight excluding hydrogens is 849 g/mol. The number of benzene rings is 2. The number of piperidine rings is 2. The molecule has 346 valence electrons. The van der Waals surface area contributed by atoms with Gasteiger partial charge in [-0.1, -0.05) is 12.8 Å². The molecule has 9 rings (SSSR count). The number of amides is 2. The third-order valence-corrected chi connectivity index (χ3v) is 15.7. The third-order valence-electron chi connectivity index (χ3n) is 14.2. The molecule has 17 nitrogen and oxygen atoms in total. The first-order valence-corrected chi connectivity index (χ1v) is 24.7. The van der Waals surface area contributed by atoms with Crippen molar-refractivity contribution < 1.29 is 22.7 Å². The topological polar surface area (TPSA) is 195 Å². The molecule has 5 heterocycles. The molecule has 2 aliphatic heterocycles. The number of imide groups is 1. The van der Waals surface area contributed by atoms with E-state index in [0.29, 0.717) is 53.4 Å². The van der Waals surface area contributed by atoms with Gasteiger partial charge in [-0.05, 0) is 126 Å². The number of carbonyl (C=O) groups is 2. The summed E-state index contributed by atoms with van der Waals surface area (Å²) in [5, 5.41) is 6.39. The Kier molecular flexibility index (Phi) is 13.0. The number of ether oxygens (including phenoxy) is 1. The van der Waals surface area contributed by atoms with Crippen molar-refractivity contribution in [3.63, 3.8) is 0 Å². The molecule has 2 saturated carbocycles. The number of pyridine rings is 1. The zero-order chi connectivity index (χ0) is 45.4. The fourth-order valence-corrected chi connectivity index (χ4v) is 11.6. The van der Waals surface area contributed by atoms with Crippen LogP contribution in [-0.2, 0) is 31.4 Å². The maximum atomic E-state index is 13.3. The number of anilines is 3. The molecule has 18 heteroatoms. The lowest BCUT2D eigenvalue weighted by Gasteiger charge is -2.39. The SMILES string of the molecule is Cc1cc(S(=O)(=O)NCCOC2CCC(N(C)CC3CCN(c4ccc5c(c4)n(C)c(=O)n5C4CCC(=O)NC4=O)CC3)CC2)ccc1Nc1ncc2ccc(=O)n(C3CCCC3)c2n1. The van der Waals surface area contributed by atoms with Gasteiger partial charge in [-0.2, -0.15) is 4.98 Å². The first-order valence-electron chi connectivity index (χ1n) is 23.2. The highest BCUT2D eigenvalue weighted by Gasteiger charge is 2.32. The number of nitrogens with zero attached hydrogens (tertiary/aromatic N) is 7. The zero-order valence-corrected chi connectivity index (χ0v) is 38.3. The van der Waals surface area contributed by atoms with Gasteiger partial charge in [-0.3, -0.25) is 33.4 Å². The Bertz CT molecular complexity index is 2820. The highest BCUT2D eigenvalue weighted by molar-refractivity contribution is 7.89. The fourth-order valence-electron chi connectivity index (χ4n) is 10.5. The first kappa shape index (κ1) is 44.8. The lowest BCUT2D eigenvalue weighted by atomic mass is 9.90. The van der Waals surface area contributed by atoms with Crippen molar-refractivity contribution in [2.24, 2.45) is 13.0 Å². The molecule has 0 radical (unpaired) electrons. The summed E-state index contributed by atoms with van der Waals surface area (Å²) >= 11 is 0. The summed E-state index contributed by atoms with van der Waals surface area (Å²) in [6.45, 7) is 5.18. The smallest absolute Gasteiger partial charge is 0.329 e. The zero-order valence-electron chi connectivity index (χ0n) is 37.5. The van der Waals surface area contributed by atoms with E-state index < -0.39 is 22.0 Å². The Hall–Kier alpha value is -5.43. The van der Waals surface area contributed by atoms with Crippen LogP contribution in [0.3, 0.4) is 0 Å². The maximum absolute atomic E-state index is 13.3. The van der Waals surface area contributed by atoms with Gasteiger partial charge in [0.2, 0.25) is 27.8 Å². The summed E-state index contributed by atoms with van der Waals surface area (Å²) in [7, 11) is 0.190. The van der Waals surface area contributed by atoms with Gasteiger partial charge in [-0.25, -0.2) is 22.9 Å². The van der Waals surface area contributed by atoms with E-state index in [1.807, 2.05) is 25.1 Å². The molecule has 4 aliphatic rings. The quantitative estimate of drug-likeness (QED) is 0.0994. The average molecular weight is 909 g/mol. The van der Waals surface area contributed by atoms with Crippen molar-refractivity contribution >= 4 is 61.2 Å². The van der Waals surface area contributed by atoms with Gasteiger partial charge >= 0.3 is 5.69 Å². The summed E-state index contributed by atoms with van der Waals surface area (Å²) in [6, 6.07) is 14.1. The number of aromatic nitrogens is 5. The number of fused-ring (bicyclic) bond motifs is 2. The highest BCUT2D eigenvalue weighted by Crippen LogP contribution is 2.33. The van der Waals surface area contributed by atoms with Gasteiger partial charge in [0, 0.05) is 80.8 Å². The van der Waals surface area contributed by atoms with Crippen LogP contribution in [0.2, 0.25) is 0 Å². The number of nitrogens with one attached hydrogen (secondary N) is 3. The second-order valence-corrected chi connectivity index (χ2v) is 20.2. The predicted octanol–water partition coefficient (Wildman–Crippen LogP) is 5.04. The Labute approximate surface area is 378 Å². The molecule has 1 unspecified atom stereocenters. The summed E-state index contributed by atoms with van der Waals surface area (Å²) in [6.07, 6.45) is 12.5. The van der Waals surface area contributed by atoms with Gasteiger partial charge in [0.1, 0.15) is 11.7 Å². The fraction of sp³-hybridized carbons (Fsp3) is 0.532. The summed E-state index contributed by atoms with van der Waals surface area (Å²) < 4.78 is 40.3. The molecule has 3 N–H and O–H groups in total. The van der Waals surface area contributed by atoms with E-state index in [9.17, 15) is 27.6 Å². The van der Waals surface area contributed by atoms with Crippen molar-refractivity contribution in [1.29, 1.82) is 0 Å². The normalized spacial score (nSPS) is 21.5. The Balaban J connectivity index is 0.703. The second kappa shape index (κ2) is 18.8. The minimum atomic E-state index is -3.77. The van der Waals surface area contributed by atoms with Gasteiger partial charge < -0.3 is 19.9 Å². The molecule has 4 fully saturated rings. The van der Waals surface area contributed by atoms with Crippen LogP contribution in [0.5, 0.6) is 0 Å². The number of imidazole rings is 1. The van der Waals surface area contributed by atoms with E-state index in [1.54, 1.807) is 52.7 Å². The van der Waals surface area contributed by atoms with Crippen molar-refractivity contribution in [1.82, 2.24) is 38.6 Å².